The first-order valence-electron chi connectivity index (χ1n) is 44.5. The molecule has 0 spiro atoms. The monoisotopic (exact) mass is 1720 g/mol. The van der Waals surface area contributed by atoms with Gasteiger partial charge in [-0.1, -0.05) is 334 Å². The third-order valence-electron chi connectivity index (χ3n) is 27.9. The van der Waals surface area contributed by atoms with Gasteiger partial charge >= 0.3 is 0 Å². The lowest BCUT2D eigenvalue weighted by Gasteiger charge is -2.34. The van der Waals surface area contributed by atoms with Crippen molar-refractivity contribution in [2.24, 2.45) is 0 Å². The van der Waals surface area contributed by atoms with Gasteiger partial charge in [-0.2, -0.15) is 0 Å². The van der Waals surface area contributed by atoms with Gasteiger partial charge in [0.2, 0.25) is 0 Å². The normalized spacial score (nSPS) is 13.9. The second kappa shape index (κ2) is 30.4. The van der Waals surface area contributed by atoms with Gasteiger partial charge in [0.15, 0.2) is 11.2 Å². The summed E-state index contributed by atoms with van der Waals surface area (Å²) in [6.07, 6.45) is 0. The molecule has 0 aliphatic heterocycles. The van der Waals surface area contributed by atoms with Crippen LogP contribution in [0.3, 0.4) is 0 Å². The summed E-state index contributed by atoms with van der Waals surface area (Å²) in [4.78, 5) is 7.28. The molecule has 4 heterocycles. The maximum atomic E-state index is 6.88. The Morgan fingerprint density at radius 3 is 0.962 bits per heavy atom. The van der Waals surface area contributed by atoms with Crippen molar-refractivity contribution in [1.82, 2.24) is 0 Å². The Bertz CT molecular complexity index is 8380. The quantitative estimate of drug-likeness (QED) is 0.128. The zero-order chi connectivity index (χ0) is 86.9. The Labute approximate surface area is 763 Å². The summed E-state index contributed by atoms with van der Waals surface area (Å²) in [5.74, 6) is 0. The molecule has 628 valence electrons. The summed E-state index contributed by atoms with van der Waals surface area (Å²) in [6.45, 7) is 18.7. The molecule has 0 amide bonds. The van der Waals surface area contributed by atoms with E-state index in [9.17, 15) is 0 Å². The summed E-state index contributed by atoms with van der Waals surface area (Å²) in [5.41, 5.74) is 39.0. The minimum Gasteiger partial charge on any atom is -0.577 e. The van der Waals surface area contributed by atoms with Crippen LogP contribution in [-0.4, -0.2) is 0 Å². The highest BCUT2D eigenvalue weighted by Gasteiger charge is 2.44. The van der Waals surface area contributed by atoms with Crippen molar-refractivity contribution in [3.63, 3.8) is 0 Å². The fraction of sp³-hybridized carbons (Fsp3) is 0.100. The van der Waals surface area contributed by atoms with Gasteiger partial charge in [-0.3, -0.25) is 0 Å². The first-order valence-corrected chi connectivity index (χ1v) is 44.9. The molecule has 22 aromatic rings. The molecule has 8 nitrogen and oxygen atoms in total. The largest absolute Gasteiger partial charge is 0.577 e. The highest BCUT2D eigenvalue weighted by molar-refractivity contribution is 6.92. The lowest BCUT2D eigenvalue weighted by molar-refractivity contribution is 0.659. The molecule has 4 aliphatic carbocycles. The van der Waals surface area contributed by atoms with E-state index in [2.05, 4.69) is 403 Å². The average Bonchev–Trinajstić information content (AvgIpc) is 1.57. The predicted octanol–water partition coefficient (Wildman–Crippen LogP) is 35.0. The fourth-order valence-corrected chi connectivity index (χ4v) is 22.5. The van der Waals surface area contributed by atoms with E-state index in [1.165, 1.54) is 89.0 Å². The van der Waals surface area contributed by atoms with Crippen LogP contribution < -0.4 is 20.0 Å². The molecule has 0 saturated carbocycles. The minimum absolute atomic E-state index is 0. The van der Waals surface area contributed by atoms with Crippen molar-refractivity contribution in [2.45, 2.75) is 77.0 Å². The molecule has 1 N–H and O–H groups in total. The first-order chi connectivity index (χ1) is 63.0. The maximum Gasteiger partial charge on any atom is 0.159 e. The van der Waals surface area contributed by atoms with E-state index >= 15 is 0 Å². The van der Waals surface area contributed by atoms with E-state index in [1.807, 2.05) is 60.7 Å². The van der Waals surface area contributed by atoms with Crippen LogP contribution in [0.4, 0.5) is 62.6 Å². The van der Waals surface area contributed by atoms with Crippen molar-refractivity contribution >= 4 is 172 Å². The van der Waals surface area contributed by atoms with Gasteiger partial charge in [0, 0.05) is 81.7 Å². The minimum atomic E-state index is -0.268. The number of nitrogens with one attached hydrogen (secondary N) is 1. The highest BCUT2D eigenvalue weighted by Crippen LogP contribution is 2.61. The number of benzene rings is 18. The van der Waals surface area contributed by atoms with Gasteiger partial charge in [0.1, 0.15) is 33.5 Å². The molecule has 0 atom stereocenters. The van der Waals surface area contributed by atoms with E-state index in [0.717, 1.165) is 150 Å². The van der Waals surface area contributed by atoms with E-state index in [4.69, 9.17) is 29.3 Å². The molecule has 130 heavy (non-hydrogen) atoms. The molecular formula is C120H91ClN4O4P-. The number of halogens is 1. The van der Waals surface area contributed by atoms with Crippen LogP contribution in [0.1, 0.15) is 99.9 Å². The molecule has 18 aromatic carbocycles. The SMILES string of the molecule is CC1(C)c2ccccc2-c2cccc(N(c3cccc(Cl)c3)c3cccc4oc5ccccc5c34)c21.CC1(C)c2ccccc2-c2cccc(N(c3cccc(N(c4cccc5c4C(C)(C)c4ccccc4-5)c4cccc5oc6ccccc6c45)c3)c3cccc4c3oc3ccccc34)c21.CC1(C)c2ccccc2-c2cccc(Nc3cccc4c3oc3ccccc34)c21.[PH2-]. The van der Waals surface area contributed by atoms with Crippen LogP contribution in [0.25, 0.3) is 132 Å². The smallest absolute Gasteiger partial charge is 0.159 e. The van der Waals surface area contributed by atoms with Crippen LogP contribution in [0, 0.1) is 0 Å². The van der Waals surface area contributed by atoms with Gasteiger partial charge in [0.05, 0.1) is 50.6 Å². The third kappa shape index (κ3) is 12.2. The first kappa shape index (κ1) is 79.7. The summed E-state index contributed by atoms with van der Waals surface area (Å²) in [6, 6.07) is 138. The van der Waals surface area contributed by atoms with Gasteiger partial charge in [0.25, 0.3) is 0 Å². The van der Waals surface area contributed by atoms with E-state index in [1.54, 1.807) is 0 Å². The van der Waals surface area contributed by atoms with Gasteiger partial charge in [-0.25, -0.2) is 0 Å². The Morgan fingerprint density at radius 1 is 0.223 bits per heavy atom. The van der Waals surface area contributed by atoms with Crippen molar-refractivity contribution in [2.75, 3.05) is 20.0 Å². The maximum absolute atomic E-state index is 6.88. The topological polar surface area (TPSA) is 74.3 Å². The molecule has 0 fully saturated rings. The Kier molecular flexibility index (Phi) is 18.6. The molecule has 4 aromatic heterocycles. The average molecular weight is 1720 g/mol. The number of furan rings is 4. The molecule has 0 saturated heterocycles. The summed E-state index contributed by atoms with van der Waals surface area (Å²) < 4.78 is 26.0. The van der Waals surface area contributed by atoms with Crippen molar-refractivity contribution in [3.05, 3.63) is 438 Å². The Balaban J connectivity index is 0.000000123. The summed E-state index contributed by atoms with van der Waals surface area (Å²) >= 11 is 6.56. The van der Waals surface area contributed by atoms with Crippen LogP contribution in [-0.2, 0) is 21.7 Å². The lowest BCUT2D eigenvalue weighted by atomic mass is 9.81. The Hall–Kier alpha value is -14.9. The van der Waals surface area contributed by atoms with Crippen molar-refractivity contribution in [3.8, 4) is 44.5 Å². The van der Waals surface area contributed by atoms with Crippen molar-refractivity contribution < 1.29 is 17.7 Å². The predicted molar refractivity (Wildman–Crippen MR) is 547 cm³/mol. The van der Waals surface area contributed by atoms with Gasteiger partial charge in [-0.05, 0) is 210 Å². The molecule has 0 bridgehead atoms. The van der Waals surface area contributed by atoms with Crippen molar-refractivity contribution in [1.29, 1.82) is 0 Å². The lowest BCUT2D eigenvalue weighted by Crippen LogP contribution is -2.22. The molecule has 0 radical (unpaired) electrons. The van der Waals surface area contributed by atoms with E-state index < -0.39 is 0 Å². The zero-order valence-corrected chi connectivity index (χ0v) is 75.3. The van der Waals surface area contributed by atoms with E-state index in [0.29, 0.717) is 5.02 Å². The number of anilines is 11. The third-order valence-corrected chi connectivity index (χ3v) is 28.2. The van der Waals surface area contributed by atoms with Crippen LogP contribution in [0.5, 0.6) is 0 Å². The molecule has 26 rings (SSSR count). The molecular weight excluding hydrogens is 1630 g/mol. The molecule has 10 heteroatoms. The number of hydrogen-bond acceptors (Lipinski definition) is 8. The number of hydrogen-bond donors (Lipinski definition) is 1. The summed E-state index contributed by atoms with van der Waals surface area (Å²) in [5, 5.41) is 13.3. The standard InChI is InChI=1S/C60H44N2O2.C33H24ClNO.C27H21NO.H2P/c1-59(2)46-27-9-5-20-39(46)42-24-14-30-49(56(42)59)61(48-29-17-35-54-55(48)45-23-8-12-34-53(45)63-54)37-18-13-19-38(36-37)62(51-32-16-26-44-41-22-7-11-33-52(41)64-58(44)51)50-31-15-25-43-40-21-6-10-28-47(40)60(3,4)57(43)50;1-33(2)26-15-5-3-12-23(26)24-14-8-17-28(32(24)33)35(22-11-7-10-21(34)20-22)27-16-9-19-30-31(27)25-13-4-6-18-29(25)36-30;1-27(2)21-13-5-3-9-17(21)19-11-7-14-22(25(19)27)28-23-15-8-12-20-18-10-4-6-16-24(18)29-26(20)23;/h5-36H,1-4H3;3-20H,1-2H3;3-16,28H,1-2H3;1H2/q;;;-1. The molecule has 0 unspecified atom stereocenters. The van der Waals surface area contributed by atoms with Gasteiger partial charge in [-0.15, -0.1) is 0 Å². The van der Waals surface area contributed by atoms with Crippen LogP contribution in [0.2, 0.25) is 5.02 Å². The number of fused-ring (bicyclic) bond motifs is 24. The van der Waals surface area contributed by atoms with E-state index in [-0.39, 0.29) is 31.6 Å². The van der Waals surface area contributed by atoms with Gasteiger partial charge < -0.3 is 47.6 Å². The second-order valence-corrected chi connectivity index (χ2v) is 37.1. The highest BCUT2D eigenvalue weighted by atomic mass is 35.5. The number of para-hydroxylation sites is 6. The summed E-state index contributed by atoms with van der Waals surface area (Å²) in [7, 11) is 0. The second-order valence-electron chi connectivity index (χ2n) is 36.7. The Morgan fingerprint density at radius 2 is 0.508 bits per heavy atom. The number of nitrogens with zero attached hydrogens (tertiary/aromatic N) is 3. The zero-order valence-electron chi connectivity index (χ0n) is 73.4. The molecule has 4 aliphatic rings. The fourth-order valence-electron chi connectivity index (χ4n) is 22.4. The van der Waals surface area contributed by atoms with Crippen LogP contribution in [0.15, 0.2) is 406 Å². The number of rotatable bonds is 11. The van der Waals surface area contributed by atoms with Crippen LogP contribution >= 0.6 is 21.5 Å².